The molecule has 0 radical (unpaired) electrons. The third kappa shape index (κ3) is 7.08. The minimum atomic E-state index is -1.37. The van der Waals surface area contributed by atoms with E-state index in [-0.39, 0.29) is 27.4 Å². The fraction of sp³-hybridized carbons (Fsp3) is 0.0588. The van der Waals surface area contributed by atoms with Crippen molar-refractivity contribution in [2.24, 2.45) is 0 Å². The molecule has 0 saturated heterocycles. The van der Waals surface area contributed by atoms with Gasteiger partial charge in [-0.1, -0.05) is 59.1 Å². The number of aryl methyl sites for hydroxylation is 2. The van der Waals surface area contributed by atoms with Gasteiger partial charge in [0, 0.05) is 50.0 Å². The summed E-state index contributed by atoms with van der Waals surface area (Å²) in [5.74, 6) is -7.10. The maximum absolute atomic E-state index is 14.3. The van der Waals surface area contributed by atoms with E-state index < -0.39 is 46.0 Å². The number of halogens is 9. The smallest absolute Gasteiger partial charge is 0.267 e. The Morgan fingerprint density at radius 2 is 1.00 bits per heavy atom. The second-order valence-corrected chi connectivity index (χ2v) is 11.5. The maximum atomic E-state index is 14.3. The third-order valence-electron chi connectivity index (χ3n) is 7.06. The Bertz CT molecular complexity index is 2230. The van der Waals surface area contributed by atoms with Crippen molar-refractivity contribution in [1.82, 2.24) is 20.4 Å². The monoisotopic (exact) mass is 718 g/mol. The summed E-state index contributed by atoms with van der Waals surface area (Å²) in [7, 11) is 0. The Labute approximate surface area is 283 Å². The van der Waals surface area contributed by atoms with E-state index in [0.717, 1.165) is 12.1 Å². The number of hydrogen-bond donors (Lipinski definition) is 1. The molecular weight excluding hydrogens is 701 g/mol. The zero-order valence-electron chi connectivity index (χ0n) is 24.6. The number of hydrogen-bond acceptors (Lipinski definition) is 4. The van der Waals surface area contributed by atoms with Crippen LogP contribution in [0.1, 0.15) is 11.4 Å². The first-order valence-electron chi connectivity index (χ1n) is 13.7. The summed E-state index contributed by atoms with van der Waals surface area (Å²) in [4.78, 5) is 12.3. The van der Waals surface area contributed by atoms with Crippen LogP contribution in [-0.2, 0) is 0 Å². The van der Waals surface area contributed by atoms with Crippen LogP contribution in [0, 0.1) is 48.8 Å². The molecule has 0 aliphatic carbocycles. The van der Waals surface area contributed by atoms with Crippen molar-refractivity contribution in [2.45, 2.75) is 13.8 Å². The summed E-state index contributed by atoms with van der Waals surface area (Å²) < 4.78 is 82.9. The normalized spacial score (nSPS) is 10.9. The summed E-state index contributed by atoms with van der Waals surface area (Å²) in [6.07, 6.45) is 0. The number of H-pyrrole nitrogens is 1. The zero-order valence-corrected chi connectivity index (χ0v) is 26.8. The Balaban J connectivity index is 0.000000188. The molecule has 2 aromatic heterocycles. The molecule has 0 aliphatic heterocycles. The molecule has 2 heterocycles. The predicted molar refractivity (Wildman–Crippen MR) is 173 cm³/mol. The highest BCUT2D eigenvalue weighted by Gasteiger charge is 2.23. The Morgan fingerprint density at radius 3 is 1.48 bits per heavy atom. The van der Waals surface area contributed by atoms with Crippen molar-refractivity contribution in [2.75, 3.05) is 0 Å². The zero-order chi connectivity index (χ0) is 34.9. The number of nitrogens with one attached hydrogen (secondary N) is 1. The van der Waals surface area contributed by atoms with Crippen LogP contribution in [0.5, 0.6) is 0 Å². The van der Waals surface area contributed by atoms with Gasteiger partial charge in [-0.25, -0.2) is 31.4 Å². The molecule has 1 N–H and O–H groups in total. The fourth-order valence-electron chi connectivity index (χ4n) is 4.96. The molecule has 0 saturated carbocycles. The van der Waals surface area contributed by atoms with Gasteiger partial charge in [-0.05, 0) is 61.4 Å². The van der Waals surface area contributed by atoms with Crippen LogP contribution in [0.25, 0.3) is 44.5 Å². The second kappa shape index (κ2) is 14.2. The fourth-order valence-corrected chi connectivity index (χ4v) is 5.45. The largest absolute Gasteiger partial charge is 0.272 e. The molecule has 0 spiro atoms. The molecule has 48 heavy (non-hydrogen) atoms. The van der Waals surface area contributed by atoms with E-state index in [2.05, 4.69) is 20.4 Å². The molecule has 0 aliphatic rings. The molecule has 0 amide bonds. The number of aromatic nitrogens is 4. The first kappa shape index (κ1) is 34.6. The molecule has 0 bridgehead atoms. The quantitative estimate of drug-likeness (QED) is 0.145. The summed E-state index contributed by atoms with van der Waals surface area (Å²) in [5, 5.41) is 14.5. The van der Waals surface area contributed by atoms with Gasteiger partial charge in [-0.3, -0.25) is 4.79 Å². The molecule has 0 unspecified atom stereocenters. The van der Waals surface area contributed by atoms with E-state index in [1.807, 2.05) is 0 Å². The molecule has 0 atom stereocenters. The number of aromatic amines is 1. The standard InChI is InChI=1S/C17H9Cl2F3N2.C17H10ClF3N2O/c1-8-14(9-2-4-10(18)5-3-9)15(17(19)24-23-8)12-6-11(20)7-13(21)16(12)22;1-8-14(9-2-4-10(18)5-3-9)15(17(24)23-22-8)12-6-11(19)7-13(20)16(12)21/h2-7H,1H3;2-7H,1H3,(H,23,24). The van der Waals surface area contributed by atoms with Gasteiger partial charge in [0.1, 0.15) is 11.6 Å². The number of benzene rings is 4. The van der Waals surface area contributed by atoms with E-state index in [0.29, 0.717) is 50.3 Å². The minimum Gasteiger partial charge on any atom is -0.267 e. The van der Waals surface area contributed by atoms with Gasteiger partial charge < -0.3 is 0 Å². The Morgan fingerprint density at radius 1 is 0.562 bits per heavy atom. The van der Waals surface area contributed by atoms with Crippen LogP contribution < -0.4 is 5.56 Å². The van der Waals surface area contributed by atoms with Crippen molar-refractivity contribution < 1.29 is 26.3 Å². The van der Waals surface area contributed by atoms with Gasteiger partial charge in [0.05, 0.1) is 17.0 Å². The summed E-state index contributed by atoms with van der Waals surface area (Å²) in [6.45, 7) is 3.24. The lowest BCUT2D eigenvalue weighted by atomic mass is 9.94. The van der Waals surface area contributed by atoms with E-state index >= 15 is 0 Å². The third-order valence-corrected chi connectivity index (χ3v) is 7.83. The van der Waals surface area contributed by atoms with Crippen molar-refractivity contribution in [3.8, 4) is 44.5 Å². The van der Waals surface area contributed by atoms with Gasteiger partial charge in [0.25, 0.3) is 5.56 Å². The predicted octanol–water partition coefficient (Wildman–Crippen LogP) is 10.3. The van der Waals surface area contributed by atoms with Gasteiger partial charge >= 0.3 is 0 Å². The lowest BCUT2D eigenvalue weighted by Gasteiger charge is -2.14. The van der Waals surface area contributed by atoms with Crippen LogP contribution >= 0.6 is 34.8 Å². The highest BCUT2D eigenvalue weighted by atomic mass is 35.5. The van der Waals surface area contributed by atoms with Crippen LogP contribution in [0.2, 0.25) is 15.2 Å². The molecule has 14 heteroatoms. The van der Waals surface area contributed by atoms with Crippen molar-refractivity contribution in [3.05, 3.63) is 145 Å². The number of nitrogens with zero attached hydrogens (tertiary/aromatic N) is 3. The minimum absolute atomic E-state index is 0.0717. The molecule has 4 aromatic carbocycles. The molecule has 6 aromatic rings. The summed E-state index contributed by atoms with van der Waals surface area (Å²) in [5.41, 5.74) is 0.983. The Kier molecular flexibility index (Phi) is 10.2. The van der Waals surface area contributed by atoms with Crippen LogP contribution in [0.15, 0.2) is 77.6 Å². The molecule has 0 fully saturated rings. The van der Waals surface area contributed by atoms with E-state index in [4.69, 9.17) is 34.8 Å². The molecule has 244 valence electrons. The second-order valence-electron chi connectivity index (χ2n) is 10.2. The average Bonchev–Trinajstić information content (AvgIpc) is 3.04. The maximum Gasteiger partial charge on any atom is 0.272 e. The highest BCUT2D eigenvalue weighted by Crippen LogP contribution is 2.40. The molecule has 6 rings (SSSR count). The first-order chi connectivity index (χ1) is 22.8. The topological polar surface area (TPSA) is 71.5 Å². The van der Waals surface area contributed by atoms with Crippen LogP contribution in [0.4, 0.5) is 26.3 Å². The highest BCUT2D eigenvalue weighted by molar-refractivity contribution is 6.33. The average molecular weight is 720 g/mol. The van der Waals surface area contributed by atoms with E-state index in [1.54, 1.807) is 62.4 Å². The van der Waals surface area contributed by atoms with Crippen molar-refractivity contribution >= 4 is 34.8 Å². The van der Waals surface area contributed by atoms with Gasteiger partial charge in [-0.2, -0.15) is 10.2 Å². The lowest BCUT2D eigenvalue weighted by molar-refractivity contribution is 0.497. The first-order valence-corrected chi connectivity index (χ1v) is 14.8. The van der Waals surface area contributed by atoms with Crippen molar-refractivity contribution in [3.63, 3.8) is 0 Å². The van der Waals surface area contributed by atoms with Crippen LogP contribution in [0.3, 0.4) is 0 Å². The van der Waals surface area contributed by atoms with Gasteiger partial charge in [-0.15, -0.1) is 5.10 Å². The van der Waals surface area contributed by atoms with E-state index in [9.17, 15) is 31.1 Å². The molecule has 5 nitrogen and oxygen atoms in total. The lowest BCUT2D eigenvalue weighted by Crippen LogP contribution is -2.15. The van der Waals surface area contributed by atoms with Gasteiger partial charge in [0.15, 0.2) is 28.4 Å². The molecular formula is C34H19Cl3F6N4O. The van der Waals surface area contributed by atoms with Crippen LogP contribution in [-0.4, -0.2) is 20.4 Å². The SMILES string of the molecule is Cc1n[nH]c(=O)c(-c2cc(F)cc(F)c2F)c1-c1ccc(Cl)cc1.Cc1nnc(Cl)c(-c2cc(F)cc(F)c2F)c1-c1ccc(Cl)cc1. The van der Waals surface area contributed by atoms with E-state index in [1.165, 1.54) is 0 Å². The van der Waals surface area contributed by atoms with Crippen molar-refractivity contribution in [1.29, 1.82) is 0 Å². The Hall–Kier alpha value is -4.71. The number of rotatable bonds is 4. The van der Waals surface area contributed by atoms with Gasteiger partial charge in [0.2, 0.25) is 0 Å². The summed E-state index contributed by atoms with van der Waals surface area (Å²) >= 11 is 17.8. The summed E-state index contributed by atoms with van der Waals surface area (Å²) in [6, 6.07) is 15.6.